The van der Waals surface area contributed by atoms with Gasteiger partial charge >= 0.3 is 7.82 Å². The van der Waals surface area contributed by atoms with Crippen LogP contribution in [-0.2, 0) is 13.6 Å². The summed E-state index contributed by atoms with van der Waals surface area (Å²) in [4.78, 5) is 9.01. The summed E-state index contributed by atoms with van der Waals surface area (Å²) in [6.45, 7) is 0. The van der Waals surface area contributed by atoms with Gasteiger partial charge in [-0.15, -0.1) is 0 Å². The molecule has 0 aromatic carbocycles. The summed E-state index contributed by atoms with van der Waals surface area (Å²) in [5.41, 5.74) is 0. The van der Waals surface area contributed by atoms with E-state index in [0.717, 1.165) is 7.11 Å². The summed E-state index contributed by atoms with van der Waals surface area (Å²) in [6, 6.07) is 0. The molecule has 1 saturated carbocycles. The van der Waals surface area contributed by atoms with Gasteiger partial charge in [-0.05, 0) is 0 Å². The summed E-state index contributed by atoms with van der Waals surface area (Å²) in [7, 11) is -3.65. The Hall–Kier alpha value is -0.0900. The molecule has 0 bridgehead atoms. The summed E-state index contributed by atoms with van der Waals surface area (Å²) in [6.07, 6.45) is -10.9. The van der Waals surface area contributed by atoms with Crippen LogP contribution in [0.5, 0.6) is 0 Å². The van der Waals surface area contributed by atoms with Gasteiger partial charge in [0.2, 0.25) is 0 Å². The predicted octanol–water partition coefficient (Wildman–Crippen LogP) is -3.06. The number of aliphatic hydroxyl groups excluding tert-OH is 5. The van der Waals surface area contributed by atoms with Gasteiger partial charge in [0.1, 0.15) is 36.6 Å². The number of hydrogen-bond donors (Lipinski definition) is 6. The second-order valence-corrected chi connectivity index (χ2v) is 5.19. The van der Waals surface area contributed by atoms with Crippen LogP contribution in [0, 0.1) is 0 Å². The van der Waals surface area contributed by atoms with Gasteiger partial charge in [0.15, 0.2) is 0 Å². The third kappa shape index (κ3) is 3.02. The SMILES string of the molecule is COP(=O)(O)O[C@H]1[C@H](O)[C@H](O)[C@@H](O)[C@H](O)[C@H]1O. The molecular formula is C7H15O9P. The van der Waals surface area contributed by atoms with Crippen LogP contribution in [0.25, 0.3) is 0 Å². The van der Waals surface area contributed by atoms with Gasteiger partial charge in [0.05, 0.1) is 0 Å². The molecule has 0 aromatic rings. The average molecular weight is 274 g/mol. The first kappa shape index (κ1) is 15.0. The lowest BCUT2D eigenvalue weighted by Gasteiger charge is -2.41. The Morgan fingerprint density at radius 2 is 1.24 bits per heavy atom. The van der Waals surface area contributed by atoms with Gasteiger partial charge in [-0.25, -0.2) is 4.57 Å². The molecule has 1 unspecified atom stereocenters. The molecular weight excluding hydrogens is 259 g/mol. The van der Waals surface area contributed by atoms with Gasteiger partial charge in [-0.2, -0.15) is 0 Å². The minimum Gasteiger partial charge on any atom is -0.387 e. The van der Waals surface area contributed by atoms with Crippen molar-refractivity contribution in [1.82, 2.24) is 0 Å². The largest absolute Gasteiger partial charge is 0.472 e. The van der Waals surface area contributed by atoms with Gasteiger partial charge in [-0.1, -0.05) is 0 Å². The van der Waals surface area contributed by atoms with E-state index in [1.807, 2.05) is 0 Å². The van der Waals surface area contributed by atoms with Crippen molar-refractivity contribution in [2.24, 2.45) is 0 Å². The van der Waals surface area contributed by atoms with Crippen LogP contribution < -0.4 is 0 Å². The molecule has 6 N–H and O–H groups in total. The summed E-state index contributed by atoms with van der Waals surface area (Å²) >= 11 is 0. The Bertz CT molecular complexity index is 294. The highest BCUT2D eigenvalue weighted by molar-refractivity contribution is 7.47. The van der Waals surface area contributed by atoms with Gasteiger partial charge < -0.3 is 30.4 Å². The Morgan fingerprint density at radius 1 is 0.882 bits per heavy atom. The monoisotopic (exact) mass is 274 g/mol. The van der Waals surface area contributed by atoms with E-state index in [9.17, 15) is 30.1 Å². The van der Waals surface area contributed by atoms with Gasteiger partial charge in [-0.3, -0.25) is 9.05 Å². The van der Waals surface area contributed by atoms with Crippen molar-refractivity contribution in [3.63, 3.8) is 0 Å². The highest BCUT2D eigenvalue weighted by Gasteiger charge is 2.51. The van der Waals surface area contributed by atoms with E-state index >= 15 is 0 Å². The molecule has 1 aliphatic rings. The molecule has 0 spiro atoms. The Kier molecular flexibility index (Phi) is 4.64. The van der Waals surface area contributed by atoms with E-state index in [-0.39, 0.29) is 0 Å². The molecule has 9 nitrogen and oxygen atoms in total. The first-order valence-electron chi connectivity index (χ1n) is 4.68. The molecule has 17 heavy (non-hydrogen) atoms. The summed E-state index contributed by atoms with van der Waals surface area (Å²) in [5, 5.41) is 46.8. The maximum absolute atomic E-state index is 11.1. The van der Waals surface area contributed by atoms with Crippen LogP contribution in [0.4, 0.5) is 0 Å². The fraction of sp³-hybridized carbons (Fsp3) is 1.00. The fourth-order valence-electron chi connectivity index (χ4n) is 1.52. The predicted molar refractivity (Wildman–Crippen MR) is 51.7 cm³/mol. The van der Waals surface area contributed by atoms with E-state index in [1.165, 1.54) is 0 Å². The molecule has 1 aliphatic carbocycles. The van der Waals surface area contributed by atoms with Crippen molar-refractivity contribution < 1.29 is 44.0 Å². The molecule has 0 aromatic heterocycles. The molecule has 7 atom stereocenters. The van der Waals surface area contributed by atoms with Gasteiger partial charge in [0, 0.05) is 7.11 Å². The van der Waals surface area contributed by atoms with Crippen molar-refractivity contribution in [2.45, 2.75) is 36.6 Å². The minimum atomic E-state index is -4.51. The van der Waals surface area contributed by atoms with Crippen LogP contribution >= 0.6 is 7.82 Å². The zero-order valence-electron chi connectivity index (χ0n) is 8.82. The van der Waals surface area contributed by atoms with E-state index in [2.05, 4.69) is 9.05 Å². The molecule has 102 valence electrons. The van der Waals surface area contributed by atoms with Crippen LogP contribution in [-0.4, -0.2) is 74.2 Å². The number of aliphatic hydroxyl groups is 5. The van der Waals surface area contributed by atoms with Crippen LogP contribution in [0.2, 0.25) is 0 Å². The van der Waals surface area contributed by atoms with E-state index in [4.69, 9.17) is 4.89 Å². The number of hydrogen-bond acceptors (Lipinski definition) is 8. The third-order valence-electron chi connectivity index (χ3n) is 2.56. The Labute approximate surface area is 96.5 Å². The molecule has 0 amide bonds. The molecule has 0 heterocycles. The number of rotatable bonds is 3. The van der Waals surface area contributed by atoms with Crippen molar-refractivity contribution >= 4 is 7.82 Å². The highest BCUT2D eigenvalue weighted by atomic mass is 31.2. The second kappa shape index (κ2) is 5.27. The van der Waals surface area contributed by atoms with E-state index in [0.29, 0.717) is 0 Å². The fourth-order valence-corrected chi connectivity index (χ4v) is 2.16. The lowest BCUT2D eigenvalue weighted by Crippen LogP contribution is -2.64. The van der Waals surface area contributed by atoms with Gasteiger partial charge in [0.25, 0.3) is 0 Å². The highest BCUT2D eigenvalue weighted by Crippen LogP contribution is 2.45. The van der Waals surface area contributed by atoms with Crippen LogP contribution in [0.3, 0.4) is 0 Å². The van der Waals surface area contributed by atoms with E-state index in [1.54, 1.807) is 0 Å². The smallest absolute Gasteiger partial charge is 0.387 e. The first-order chi connectivity index (χ1) is 7.71. The normalized spacial score (nSPS) is 46.5. The Balaban J connectivity index is 2.87. The first-order valence-corrected chi connectivity index (χ1v) is 6.18. The molecule has 1 fully saturated rings. The minimum absolute atomic E-state index is 0.865. The molecule has 0 saturated heterocycles. The topological polar surface area (TPSA) is 157 Å². The van der Waals surface area contributed by atoms with Crippen LogP contribution in [0.1, 0.15) is 0 Å². The summed E-state index contributed by atoms with van der Waals surface area (Å²) in [5.74, 6) is 0. The average Bonchev–Trinajstić information content (AvgIpc) is 2.30. The summed E-state index contributed by atoms with van der Waals surface area (Å²) < 4.78 is 19.6. The maximum Gasteiger partial charge on any atom is 0.472 e. The lowest BCUT2D eigenvalue weighted by molar-refractivity contribution is -0.219. The number of phosphoric ester groups is 1. The van der Waals surface area contributed by atoms with Crippen molar-refractivity contribution in [3.8, 4) is 0 Å². The Morgan fingerprint density at radius 3 is 1.59 bits per heavy atom. The van der Waals surface area contributed by atoms with E-state index < -0.39 is 44.4 Å². The standard InChI is InChI=1S/C7H15O9P/c1-15-17(13,14)16-7-5(11)3(9)2(8)4(10)6(7)12/h2-12H,1H3,(H,13,14)/t2-,3-,4+,5-,6-,7+/m1/s1. The van der Waals surface area contributed by atoms with Crippen molar-refractivity contribution in [2.75, 3.05) is 7.11 Å². The molecule has 1 rings (SSSR count). The molecule has 10 heteroatoms. The third-order valence-corrected chi connectivity index (χ3v) is 3.53. The van der Waals surface area contributed by atoms with Crippen molar-refractivity contribution in [1.29, 1.82) is 0 Å². The maximum atomic E-state index is 11.1. The quantitative estimate of drug-likeness (QED) is 0.294. The zero-order chi connectivity index (χ0) is 13.4. The van der Waals surface area contributed by atoms with Crippen LogP contribution in [0.15, 0.2) is 0 Å². The second-order valence-electron chi connectivity index (χ2n) is 3.67. The number of phosphoric acid groups is 1. The molecule has 0 radical (unpaired) electrons. The zero-order valence-corrected chi connectivity index (χ0v) is 9.71. The lowest BCUT2D eigenvalue weighted by atomic mass is 9.85. The molecule has 0 aliphatic heterocycles. The van der Waals surface area contributed by atoms with Crippen molar-refractivity contribution in [3.05, 3.63) is 0 Å².